The molecular weight excluding hydrogens is 705 g/mol. The fraction of sp³-hybridized carbons (Fsp3) is 0.0182. The second kappa shape index (κ2) is 11.0. The third-order valence-corrected chi connectivity index (χ3v) is 13.0. The van der Waals surface area contributed by atoms with Gasteiger partial charge in [0.25, 0.3) is 0 Å². The van der Waals surface area contributed by atoms with Gasteiger partial charge in [-0.1, -0.05) is 115 Å². The Morgan fingerprint density at radius 2 is 1.12 bits per heavy atom. The molecule has 0 saturated carbocycles. The average Bonchev–Trinajstić information content (AvgIpc) is 3.52. The van der Waals surface area contributed by atoms with E-state index in [9.17, 15) is 0 Å². The molecular formula is C55H32N2O. The van der Waals surface area contributed by atoms with Gasteiger partial charge < -0.3 is 13.6 Å². The molecule has 0 radical (unpaired) electrons. The van der Waals surface area contributed by atoms with E-state index < -0.39 is 0 Å². The molecule has 1 atom stereocenters. The quantitative estimate of drug-likeness (QED) is 0.176. The number of benzene rings is 8. The predicted molar refractivity (Wildman–Crippen MR) is 241 cm³/mol. The summed E-state index contributed by atoms with van der Waals surface area (Å²) < 4.78 is 11.5. The summed E-state index contributed by atoms with van der Waals surface area (Å²) in [5.41, 5.74) is 21.0. The smallest absolute Gasteiger partial charge is 0.136 e. The van der Waals surface area contributed by atoms with Crippen molar-refractivity contribution >= 4 is 76.7 Å². The Morgan fingerprint density at radius 1 is 0.448 bits per heavy atom. The van der Waals surface area contributed by atoms with Crippen molar-refractivity contribution in [3.8, 4) is 33.6 Å². The zero-order chi connectivity index (χ0) is 37.6. The van der Waals surface area contributed by atoms with Crippen LogP contribution in [0.2, 0.25) is 0 Å². The molecule has 1 unspecified atom stereocenters. The highest BCUT2D eigenvalue weighted by atomic mass is 16.3. The molecule has 3 aliphatic rings. The van der Waals surface area contributed by atoms with Gasteiger partial charge in [-0.2, -0.15) is 0 Å². The van der Waals surface area contributed by atoms with Crippen molar-refractivity contribution in [1.29, 1.82) is 0 Å². The van der Waals surface area contributed by atoms with Crippen molar-refractivity contribution < 1.29 is 4.42 Å². The second-order valence-electron chi connectivity index (χ2n) is 16.0. The Balaban J connectivity index is 0.961. The molecule has 3 nitrogen and oxygen atoms in total. The molecule has 11 aromatic rings. The fourth-order valence-electron chi connectivity index (χ4n) is 10.5. The number of para-hydroxylation sites is 3. The number of hydrogen-bond donors (Lipinski definition) is 0. The van der Waals surface area contributed by atoms with E-state index in [-0.39, 0.29) is 0 Å². The molecule has 0 aliphatic heterocycles. The van der Waals surface area contributed by atoms with Gasteiger partial charge in [0.05, 0.1) is 22.1 Å². The van der Waals surface area contributed by atoms with Crippen LogP contribution in [-0.2, 0) is 0 Å². The number of hydrogen-bond acceptors (Lipinski definition) is 1. The lowest BCUT2D eigenvalue weighted by atomic mass is 9.94. The van der Waals surface area contributed by atoms with Crippen molar-refractivity contribution in [1.82, 2.24) is 9.13 Å². The van der Waals surface area contributed by atoms with Crippen molar-refractivity contribution in [2.45, 2.75) is 0 Å². The third kappa shape index (κ3) is 3.97. The Morgan fingerprint density at radius 3 is 1.97 bits per heavy atom. The van der Waals surface area contributed by atoms with Gasteiger partial charge in [-0.05, 0) is 117 Å². The first-order valence-corrected chi connectivity index (χ1v) is 20.1. The van der Waals surface area contributed by atoms with Crippen molar-refractivity contribution in [3.63, 3.8) is 0 Å². The van der Waals surface area contributed by atoms with Gasteiger partial charge in [0.1, 0.15) is 11.2 Å². The van der Waals surface area contributed by atoms with Gasteiger partial charge in [0.15, 0.2) is 0 Å². The maximum absolute atomic E-state index is 6.59. The maximum Gasteiger partial charge on any atom is 0.136 e. The van der Waals surface area contributed by atoms with Crippen LogP contribution in [0.1, 0.15) is 11.1 Å². The molecule has 268 valence electrons. The highest BCUT2D eigenvalue weighted by Crippen LogP contribution is 2.65. The Kier molecular flexibility index (Phi) is 5.81. The molecule has 8 aromatic carbocycles. The second-order valence-corrected chi connectivity index (χ2v) is 16.0. The molecule has 0 spiro atoms. The average molecular weight is 737 g/mol. The summed E-state index contributed by atoms with van der Waals surface area (Å²) in [7, 11) is 0. The summed E-state index contributed by atoms with van der Waals surface area (Å²) in [6.45, 7) is 0. The SMILES string of the molecule is C1=CC2=C3c4c(ccc5c6cc(-c7cccc8oc9ccc(-c%10ccc%11c(c%10)c%10ccccc%10n%11-c%10ccccc%10)cc9c78)ccc6n(-c6ccccc6)c45)C(=C1)C23. The zero-order valence-electron chi connectivity index (χ0n) is 31.3. The lowest BCUT2D eigenvalue weighted by Gasteiger charge is -2.12. The fourth-order valence-corrected chi connectivity index (χ4v) is 10.5. The monoisotopic (exact) mass is 736 g/mol. The highest BCUT2D eigenvalue weighted by Gasteiger charge is 2.48. The molecule has 58 heavy (non-hydrogen) atoms. The summed E-state index contributed by atoms with van der Waals surface area (Å²) in [5, 5.41) is 7.32. The van der Waals surface area contributed by atoms with Crippen molar-refractivity contribution in [3.05, 3.63) is 205 Å². The van der Waals surface area contributed by atoms with Crippen LogP contribution < -0.4 is 0 Å². The van der Waals surface area contributed by atoms with Crippen LogP contribution in [0.15, 0.2) is 198 Å². The standard InChI is InChI=1S/C55H32N2O/c1-3-11-35(12-4-1)56-46-19-8-7-15-38(46)43-29-32(21-26-47(43)56)33-23-28-49-45(30-33)51-37(16-10-20-50(51)58-49)34-22-27-48-44(31-34)41-25-24-40-39-17-9-18-42-52(39)53(42)54(40)55(41)57(48)36-13-5-2-6-14-36/h1-31,52H. The minimum atomic E-state index is 0.469. The van der Waals surface area contributed by atoms with E-state index in [1.165, 1.54) is 105 Å². The molecule has 0 saturated heterocycles. The van der Waals surface area contributed by atoms with E-state index in [0.29, 0.717) is 5.92 Å². The minimum absolute atomic E-state index is 0.469. The molecule has 0 bridgehead atoms. The number of aromatic nitrogens is 2. The lowest BCUT2D eigenvalue weighted by Crippen LogP contribution is -1.96. The summed E-state index contributed by atoms with van der Waals surface area (Å²) in [4.78, 5) is 0. The predicted octanol–water partition coefficient (Wildman–Crippen LogP) is 14.5. The van der Waals surface area contributed by atoms with E-state index in [2.05, 4.69) is 197 Å². The summed E-state index contributed by atoms with van der Waals surface area (Å²) in [6.07, 6.45) is 6.84. The van der Waals surface area contributed by atoms with Gasteiger partial charge in [0.2, 0.25) is 0 Å². The van der Waals surface area contributed by atoms with E-state index in [1.54, 1.807) is 0 Å². The van der Waals surface area contributed by atoms with Crippen LogP contribution in [0.3, 0.4) is 0 Å². The largest absolute Gasteiger partial charge is 0.456 e. The van der Waals surface area contributed by atoms with Crippen LogP contribution in [0.25, 0.3) is 110 Å². The Labute approximate surface area is 333 Å². The van der Waals surface area contributed by atoms with E-state index >= 15 is 0 Å². The number of fused-ring (bicyclic) bond motifs is 13. The number of rotatable bonds is 4. The van der Waals surface area contributed by atoms with E-state index in [4.69, 9.17) is 4.42 Å². The minimum Gasteiger partial charge on any atom is -0.456 e. The van der Waals surface area contributed by atoms with Gasteiger partial charge in [-0.15, -0.1) is 0 Å². The Bertz CT molecular complexity index is 3720. The van der Waals surface area contributed by atoms with Crippen LogP contribution >= 0.6 is 0 Å². The van der Waals surface area contributed by atoms with Crippen LogP contribution in [0, 0.1) is 5.92 Å². The normalized spacial score (nSPS) is 15.4. The molecule has 3 aliphatic carbocycles. The number of furan rings is 1. The summed E-state index contributed by atoms with van der Waals surface area (Å²) >= 11 is 0. The number of allylic oxidation sites excluding steroid dienone is 6. The molecule has 3 heterocycles. The van der Waals surface area contributed by atoms with E-state index in [1.807, 2.05) is 0 Å². The maximum atomic E-state index is 6.59. The highest BCUT2D eigenvalue weighted by molar-refractivity contribution is 6.22. The van der Waals surface area contributed by atoms with Gasteiger partial charge in [-0.3, -0.25) is 0 Å². The molecule has 0 N–H and O–H groups in total. The first-order chi connectivity index (χ1) is 28.8. The van der Waals surface area contributed by atoms with Gasteiger partial charge in [0, 0.05) is 55.2 Å². The van der Waals surface area contributed by atoms with E-state index in [0.717, 1.165) is 21.9 Å². The lowest BCUT2D eigenvalue weighted by molar-refractivity contribution is 0.669. The van der Waals surface area contributed by atoms with Crippen molar-refractivity contribution in [2.24, 2.45) is 5.92 Å². The van der Waals surface area contributed by atoms with Crippen LogP contribution in [0.4, 0.5) is 0 Å². The molecule has 14 rings (SSSR count). The van der Waals surface area contributed by atoms with Gasteiger partial charge in [-0.25, -0.2) is 0 Å². The van der Waals surface area contributed by atoms with Crippen LogP contribution in [0.5, 0.6) is 0 Å². The molecule has 3 aromatic heterocycles. The van der Waals surface area contributed by atoms with Crippen molar-refractivity contribution in [2.75, 3.05) is 0 Å². The molecule has 0 amide bonds. The third-order valence-electron chi connectivity index (χ3n) is 13.0. The summed E-state index contributed by atoms with van der Waals surface area (Å²) in [5.74, 6) is 0.469. The topological polar surface area (TPSA) is 23.0 Å². The van der Waals surface area contributed by atoms with Gasteiger partial charge >= 0.3 is 0 Å². The Hall–Kier alpha value is -7.62. The summed E-state index contributed by atoms with van der Waals surface area (Å²) in [6, 6.07) is 62.0. The molecule has 0 fully saturated rings. The number of nitrogens with zero attached hydrogens (tertiary/aromatic N) is 2. The first-order valence-electron chi connectivity index (χ1n) is 20.1. The first kappa shape index (κ1) is 30.6. The van der Waals surface area contributed by atoms with Crippen LogP contribution in [-0.4, -0.2) is 9.13 Å². The zero-order valence-corrected chi connectivity index (χ0v) is 31.3. The molecule has 3 heteroatoms.